The van der Waals surface area contributed by atoms with Gasteiger partial charge in [-0.1, -0.05) is 31.2 Å². The van der Waals surface area contributed by atoms with Crippen molar-refractivity contribution in [1.82, 2.24) is 15.6 Å². The highest BCUT2D eigenvalue weighted by Gasteiger charge is 2.01. The van der Waals surface area contributed by atoms with E-state index < -0.39 is 0 Å². The Labute approximate surface area is 167 Å². The first-order valence-corrected chi connectivity index (χ1v) is 8.45. The highest BCUT2D eigenvalue weighted by molar-refractivity contribution is 14.0. The zero-order chi connectivity index (χ0) is 17.0. The number of halogens is 1. The summed E-state index contributed by atoms with van der Waals surface area (Å²) in [7, 11) is 0. The van der Waals surface area contributed by atoms with Gasteiger partial charge in [-0.05, 0) is 36.6 Å². The van der Waals surface area contributed by atoms with Crippen LogP contribution >= 0.6 is 24.0 Å². The van der Waals surface area contributed by atoms with Crippen molar-refractivity contribution < 1.29 is 4.74 Å². The number of hydrogen-bond acceptors (Lipinski definition) is 3. The zero-order valence-electron chi connectivity index (χ0n) is 14.9. The lowest BCUT2D eigenvalue weighted by atomic mass is 10.1. The molecule has 0 fully saturated rings. The molecule has 2 rings (SSSR count). The Balaban J connectivity index is 0.00000312. The Morgan fingerprint density at radius 2 is 1.88 bits per heavy atom. The van der Waals surface area contributed by atoms with Crippen LogP contribution in [0, 0.1) is 0 Å². The standard InChI is InChI=1S/C19H26N4O.HI/c1-3-16-8-5-6-9-17(16)14-23-19(21-4-2)22-12-13-24-18-10-7-11-20-15-18;/h5-11,15H,3-4,12-14H2,1-2H3,(H2,21,22,23);1H. The smallest absolute Gasteiger partial charge is 0.191 e. The normalized spacial score (nSPS) is 10.7. The van der Waals surface area contributed by atoms with E-state index in [0.717, 1.165) is 24.7 Å². The van der Waals surface area contributed by atoms with Gasteiger partial charge in [-0.15, -0.1) is 24.0 Å². The van der Waals surface area contributed by atoms with Gasteiger partial charge in [-0.25, -0.2) is 4.99 Å². The monoisotopic (exact) mass is 454 g/mol. The van der Waals surface area contributed by atoms with E-state index in [-0.39, 0.29) is 24.0 Å². The van der Waals surface area contributed by atoms with Crippen molar-refractivity contribution in [2.75, 3.05) is 19.7 Å². The van der Waals surface area contributed by atoms with E-state index in [1.165, 1.54) is 11.1 Å². The van der Waals surface area contributed by atoms with Crippen LogP contribution in [0.3, 0.4) is 0 Å². The lowest BCUT2D eigenvalue weighted by Gasteiger charge is -2.12. The number of nitrogens with one attached hydrogen (secondary N) is 2. The van der Waals surface area contributed by atoms with E-state index in [2.05, 4.69) is 58.7 Å². The zero-order valence-corrected chi connectivity index (χ0v) is 17.2. The maximum absolute atomic E-state index is 5.63. The van der Waals surface area contributed by atoms with Gasteiger partial charge in [-0.3, -0.25) is 4.98 Å². The van der Waals surface area contributed by atoms with Gasteiger partial charge < -0.3 is 15.4 Å². The molecule has 0 bridgehead atoms. The van der Waals surface area contributed by atoms with Gasteiger partial charge in [-0.2, -0.15) is 0 Å². The highest BCUT2D eigenvalue weighted by atomic mass is 127. The molecule has 1 aromatic carbocycles. The van der Waals surface area contributed by atoms with Crippen LogP contribution in [-0.2, 0) is 13.0 Å². The number of nitrogens with zero attached hydrogens (tertiary/aromatic N) is 2. The molecule has 0 unspecified atom stereocenters. The van der Waals surface area contributed by atoms with Crippen molar-refractivity contribution >= 4 is 29.9 Å². The van der Waals surface area contributed by atoms with E-state index >= 15 is 0 Å². The van der Waals surface area contributed by atoms with Gasteiger partial charge in [0.1, 0.15) is 12.4 Å². The van der Waals surface area contributed by atoms with Gasteiger partial charge in [0.25, 0.3) is 0 Å². The Morgan fingerprint density at radius 1 is 1.08 bits per heavy atom. The van der Waals surface area contributed by atoms with Crippen molar-refractivity contribution in [3.63, 3.8) is 0 Å². The van der Waals surface area contributed by atoms with Crippen molar-refractivity contribution in [2.24, 2.45) is 4.99 Å². The van der Waals surface area contributed by atoms with Gasteiger partial charge >= 0.3 is 0 Å². The summed E-state index contributed by atoms with van der Waals surface area (Å²) in [6.07, 6.45) is 4.46. The molecule has 0 spiro atoms. The minimum Gasteiger partial charge on any atom is -0.490 e. The van der Waals surface area contributed by atoms with Crippen molar-refractivity contribution in [2.45, 2.75) is 26.8 Å². The average molecular weight is 454 g/mol. The third kappa shape index (κ3) is 7.72. The van der Waals surface area contributed by atoms with Crippen LogP contribution in [0.2, 0.25) is 0 Å². The molecule has 25 heavy (non-hydrogen) atoms. The lowest BCUT2D eigenvalue weighted by molar-refractivity contribution is 0.320. The molecule has 0 saturated carbocycles. The molecule has 0 radical (unpaired) electrons. The third-order valence-electron chi connectivity index (χ3n) is 3.55. The Morgan fingerprint density at radius 3 is 2.56 bits per heavy atom. The molecule has 0 aliphatic rings. The van der Waals surface area contributed by atoms with E-state index in [4.69, 9.17) is 4.74 Å². The number of aromatic nitrogens is 1. The molecule has 1 heterocycles. The van der Waals surface area contributed by atoms with E-state index in [1.54, 1.807) is 12.4 Å². The molecule has 5 nitrogen and oxygen atoms in total. The summed E-state index contributed by atoms with van der Waals surface area (Å²) in [4.78, 5) is 8.69. The fraction of sp³-hybridized carbons (Fsp3) is 0.368. The van der Waals surface area contributed by atoms with Crippen molar-refractivity contribution in [3.8, 4) is 5.75 Å². The van der Waals surface area contributed by atoms with Crippen molar-refractivity contribution in [1.29, 1.82) is 0 Å². The van der Waals surface area contributed by atoms with Crippen molar-refractivity contribution in [3.05, 3.63) is 59.9 Å². The van der Waals surface area contributed by atoms with Crippen LogP contribution < -0.4 is 15.4 Å². The Hall–Kier alpha value is -1.83. The molecule has 136 valence electrons. The predicted molar refractivity (Wildman–Crippen MR) is 114 cm³/mol. The highest BCUT2D eigenvalue weighted by Crippen LogP contribution is 2.10. The van der Waals surface area contributed by atoms with Gasteiger partial charge in [0.05, 0.1) is 19.3 Å². The maximum atomic E-state index is 5.63. The summed E-state index contributed by atoms with van der Waals surface area (Å²) in [6, 6.07) is 12.2. The molecular formula is C19H27IN4O. The summed E-state index contributed by atoms with van der Waals surface area (Å²) in [5.41, 5.74) is 2.61. The first-order valence-electron chi connectivity index (χ1n) is 8.45. The number of aryl methyl sites for hydroxylation is 1. The topological polar surface area (TPSA) is 58.5 Å². The first-order chi connectivity index (χ1) is 11.8. The van der Waals surface area contributed by atoms with E-state index in [0.29, 0.717) is 19.7 Å². The fourth-order valence-electron chi connectivity index (χ4n) is 2.33. The summed E-state index contributed by atoms with van der Waals surface area (Å²) in [5, 5.41) is 6.55. The quantitative estimate of drug-likeness (QED) is 0.278. The first kappa shape index (κ1) is 21.2. The summed E-state index contributed by atoms with van der Waals surface area (Å²) in [6.45, 7) is 6.95. The molecule has 0 saturated heterocycles. The Kier molecular flexibility index (Phi) is 10.6. The number of benzene rings is 1. The molecular weight excluding hydrogens is 427 g/mol. The fourth-order valence-corrected chi connectivity index (χ4v) is 2.33. The molecule has 6 heteroatoms. The van der Waals surface area contributed by atoms with Crippen LogP contribution in [-0.4, -0.2) is 30.6 Å². The van der Waals surface area contributed by atoms with Gasteiger partial charge in [0.15, 0.2) is 5.96 Å². The number of pyridine rings is 1. The Bertz CT molecular complexity index is 634. The van der Waals surface area contributed by atoms with Crippen LogP contribution in [0.25, 0.3) is 0 Å². The van der Waals surface area contributed by atoms with Crippen LogP contribution in [0.5, 0.6) is 5.75 Å². The number of ether oxygens (including phenoxy) is 1. The maximum Gasteiger partial charge on any atom is 0.191 e. The summed E-state index contributed by atoms with van der Waals surface area (Å²) in [5.74, 6) is 1.58. The van der Waals surface area contributed by atoms with Gasteiger partial charge in [0.2, 0.25) is 0 Å². The largest absolute Gasteiger partial charge is 0.490 e. The van der Waals surface area contributed by atoms with Crippen LogP contribution in [0.15, 0.2) is 53.8 Å². The van der Waals surface area contributed by atoms with E-state index in [1.807, 2.05) is 12.1 Å². The second kappa shape index (κ2) is 12.5. The van der Waals surface area contributed by atoms with Gasteiger partial charge in [0, 0.05) is 12.7 Å². The molecule has 2 aromatic rings. The SMILES string of the molecule is CCNC(=NCc1ccccc1CC)NCCOc1cccnc1.I. The minimum absolute atomic E-state index is 0. The second-order valence-corrected chi connectivity index (χ2v) is 5.28. The third-order valence-corrected chi connectivity index (χ3v) is 3.55. The second-order valence-electron chi connectivity index (χ2n) is 5.28. The average Bonchev–Trinajstić information content (AvgIpc) is 2.64. The molecule has 2 N–H and O–H groups in total. The van der Waals surface area contributed by atoms with Crippen LogP contribution in [0.4, 0.5) is 0 Å². The minimum atomic E-state index is 0. The van der Waals surface area contributed by atoms with Crippen LogP contribution in [0.1, 0.15) is 25.0 Å². The predicted octanol–water partition coefficient (Wildman–Crippen LogP) is 3.40. The number of aliphatic imine (C=N–C) groups is 1. The lowest BCUT2D eigenvalue weighted by Crippen LogP contribution is -2.39. The summed E-state index contributed by atoms with van der Waals surface area (Å²) >= 11 is 0. The molecule has 1 aromatic heterocycles. The van der Waals surface area contributed by atoms with E-state index in [9.17, 15) is 0 Å². The number of guanidine groups is 1. The molecule has 0 atom stereocenters. The number of hydrogen-bond donors (Lipinski definition) is 2. The molecule has 0 aliphatic heterocycles. The molecule has 0 amide bonds. The number of rotatable bonds is 8. The molecule has 0 aliphatic carbocycles. The summed E-state index contributed by atoms with van der Waals surface area (Å²) < 4.78 is 5.63.